The van der Waals surface area contributed by atoms with Crippen molar-refractivity contribution in [2.75, 3.05) is 0 Å². The van der Waals surface area contributed by atoms with E-state index in [-0.39, 0.29) is 10.6 Å². The van der Waals surface area contributed by atoms with E-state index >= 15 is 0 Å². The van der Waals surface area contributed by atoms with Crippen LogP contribution in [0.15, 0.2) is 18.5 Å². The van der Waals surface area contributed by atoms with Gasteiger partial charge in [-0.15, -0.1) is 0 Å². The molecule has 1 aliphatic rings. The van der Waals surface area contributed by atoms with Gasteiger partial charge in [0.2, 0.25) is 0 Å². The van der Waals surface area contributed by atoms with Gasteiger partial charge in [0.05, 0.1) is 9.85 Å². The molecule has 1 aliphatic carbocycles. The Labute approximate surface area is 118 Å². The Bertz CT molecular complexity index is 633. The van der Waals surface area contributed by atoms with Gasteiger partial charge in [-0.2, -0.15) is 0 Å². The minimum atomic E-state index is -0.0814. The number of aromatic nitrogens is 2. The van der Waals surface area contributed by atoms with Crippen molar-refractivity contribution < 1.29 is 4.79 Å². The highest BCUT2D eigenvalue weighted by molar-refractivity contribution is 9.10. The SMILES string of the molecule is Cn1cc(C(=O)C(Br)C2CC2)c2cc(Cl)cnc21. The first-order valence-electron chi connectivity index (χ1n) is 5.87. The molecule has 0 aliphatic heterocycles. The molecule has 5 heteroatoms. The van der Waals surface area contributed by atoms with Gasteiger partial charge >= 0.3 is 0 Å². The van der Waals surface area contributed by atoms with Crippen LogP contribution in [0.25, 0.3) is 11.0 Å². The Hall–Kier alpha value is -0.870. The molecule has 3 nitrogen and oxygen atoms in total. The Balaban J connectivity index is 2.10. The number of pyridine rings is 1. The molecule has 0 radical (unpaired) electrons. The van der Waals surface area contributed by atoms with E-state index in [9.17, 15) is 4.79 Å². The molecular formula is C13H12BrClN2O. The van der Waals surface area contributed by atoms with E-state index in [1.54, 1.807) is 6.20 Å². The maximum Gasteiger partial charge on any atom is 0.178 e. The lowest BCUT2D eigenvalue weighted by atomic mass is 10.1. The van der Waals surface area contributed by atoms with Crippen molar-refractivity contribution in [3.63, 3.8) is 0 Å². The van der Waals surface area contributed by atoms with Crippen LogP contribution in [0.3, 0.4) is 0 Å². The maximum absolute atomic E-state index is 12.4. The van der Waals surface area contributed by atoms with Crippen molar-refractivity contribution in [2.45, 2.75) is 17.7 Å². The second-order valence-electron chi connectivity index (χ2n) is 4.78. The lowest BCUT2D eigenvalue weighted by Gasteiger charge is -2.05. The van der Waals surface area contributed by atoms with Gasteiger partial charge in [-0.3, -0.25) is 4.79 Å². The number of fused-ring (bicyclic) bond motifs is 1. The molecule has 0 amide bonds. The van der Waals surface area contributed by atoms with Gasteiger partial charge in [0.15, 0.2) is 5.78 Å². The van der Waals surface area contributed by atoms with Crippen molar-refractivity contribution in [3.8, 4) is 0 Å². The first-order valence-corrected chi connectivity index (χ1v) is 7.16. The van der Waals surface area contributed by atoms with Gasteiger partial charge in [-0.05, 0) is 24.8 Å². The Morgan fingerprint density at radius 3 is 3.00 bits per heavy atom. The first kappa shape index (κ1) is 12.2. The number of nitrogens with zero attached hydrogens (tertiary/aromatic N) is 2. The molecule has 18 heavy (non-hydrogen) atoms. The molecular weight excluding hydrogens is 316 g/mol. The van der Waals surface area contributed by atoms with Gasteiger partial charge < -0.3 is 4.57 Å². The number of Topliss-reactive ketones (excluding diaryl/α,β-unsaturated/α-hetero) is 1. The van der Waals surface area contributed by atoms with Crippen LogP contribution in [-0.4, -0.2) is 20.2 Å². The third-order valence-corrected chi connectivity index (χ3v) is 4.70. The molecule has 0 spiro atoms. The number of halogens is 2. The first-order chi connectivity index (χ1) is 8.58. The molecule has 2 heterocycles. The van der Waals surface area contributed by atoms with Gasteiger partial charge in [-0.25, -0.2) is 4.98 Å². The summed E-state index contributed by atoms with van der Waals surface area (Å²) in [4.78, 5) is 16.6. The minimum absolute atomic E-state index is 0.0814. The number of rotatable bonds is 3. The predicted octanol–water partition coefficient (Wildman–Crippen LogP) is 3.58. The highest BCUT2D eigenvalue weighted by atomic mass is 79.9. The monoisotopic (exact) mass is 326 g/mol. The second kappa shape index (κ2) is 4.35. The molecule has 2 aromatic heterocycles. The van der Waals surface area contributed by atoms with Crippen LogP contribution in [0.5, 0.6) is 0 Å². The molecule has 0 aromatic carbocycles. The summed E-state index contributed by atoms with van der Waals surface area (Å²) in [5.74, 6) is 0.618. The summed E-state index contributed by atoms with van der Waals surface area (Å²) >= 11 is 9.47. The van der Waals surface area contributed by atoms with E-state index in [2.05, 4.69) is 20.9 Å². The van der Waals surface area contributed by atoms with Crippen LogP contribution in [0.2, 0.25) is 5.02 Å². The number of aryl methyl sites for hydroxylation is 1. The Morgan fingerprint density at radius 1 is 1.61 bits per heavy atom. The molecule has 0 N–H and O–H groups in total. The molecule has 2 aromatic rings. The fourth-order valence-corrected chi connectivity index (χ4v) is 3.12. The zero-order chi connectivity index (χ0) is 12.9. The molecule has 0 saturated heterocycles. The maximum atomic E-state index is 12.4. The van der Waals surface area contributed by atoms with E-state index in [0.717, 1.165) is 23.9 Å². The van der Waals surface area contributed by atoms with Crippen molar-refractivity contribution >= 4 is 44.3 Å². The van der Waals surface area contributed by atoms with Crippen molar-refractivity contribution in [1.29, 1.82) is 0 Å². The molecule has 3 rings (SSSR count). The van der Waals surface area contributed by atoms with Crippen LogP contribution in [0.4, 0.5) is 0 Å². The summed E-state index contributed by atoms with van der Waals surface area (Å²) in [6.45, 7) is 0. The summed E-state index contributed by atoms with van der Waals surface area (Å²) < 4.78 is 1.87. The third kappa shape index (κ3) is 1.97. The molecule has 1 unspecified atom stereocenters. The molecule has 94 valence electrons. The van der Waals surface area contributed by atoms with Gasteiger partial charge in [0.25, 0.3) is 0 Å². The average molecular weight is 328 g/mol. The van der Waals surface area contributed by atoms with Crippen LogP contribution in [-0.2, 0) is 7.05 Å². The van der Waals surface area contributed by atoms with Crippen LogP contribution in [0.1, 0.15) is 23.2 Å². The lowest BCUT2D eigenvalue weighted by Crippen LogP contribution is -2.15. The summed E-state index contributed by atoms with van der Waals surface area (Å²) in [5.41, 5.74) is 1.49. The molecule has 1 atom stereocenters. The third-order valence-electron chi connectivity index (χ3n) is 3.33. The number of ketones is 1. The normalized spacial score (nSPS) is 17.1. The quantitative estimate of drug-likeness (QED) is 0.638. The summed E-state index contributed by atoms with van der Waals surface area (Å²) in [5, 5.41) is 1.39. The molecule has 1 saturated carbocycles. The highest BCUT2D eigenvalue weighted by Crippen LogP contribution is 2.39. The van der Waals surface area contributed by atoms with Gasteiger partial charge in [-0.1, -0.05) is 27.5 Å². The second-order valence-corrected chi connectivity index (χ2v) is 6.20. The van der Waals surface area contributed by atoms with E-state index < -0.39 is 0 Å². The Morgan fingerprint density at radius 2 is 2.33 bits per heavy atom. The van der Waals surface area contributed by atoms with Gasteiger partial charge in [0, 0.05) is 30.4 Å². The van der Waals surface area contributed by atoms with Crippen LogP contribution >= 0.6 is 27.5 Å². The predicted molar refractivity (Wildman–Crippen MR) is 75.5 cm³/mol. The topological polar surface area (TPSA) is 34.9 Å². The number of carbonyl (C=O) groups is 1. The average Bonchev–Trinajstić information content (AvgIpc) is 3.13. The molecule has 0 bridgehead atoms. The lowest BCUT2D eigenvalue weighted by molar-refractivity contribution is 0.0986. The van der Waals surface area contributed by atoms with Crippen molar-refractivity contribution in [1.82, 2.24) is 9.55 Å². The Kier molecular flexibility index (Phi) is 2.94. The molecule has 1 fully saturated rings. The number of alkyl halides is 1. The summed E-state index contributed by atoms with van der Waals surface area (Å²) in [7, 11) is 1.89. The standard InChI is InChI=1S/C13H12BrClN2O/c1-17-6-10(12(18)11(14)7-2-3-7)9-4-8(15)5-16-13(9)17/h4-7,11H,2-3H2,1H3. The zero-order valence-corrected chi connectivity index (χ0v) is 12.2. The largest absolute Gasteiger partial charge is 0.335 e. The smallest absolute Gasteiger partial charge is 0.178 e. The fourth-order valence-electron chi connectivity index (χ4n) is 2.18. The van der Waals surface area contributed by atoms with Crippen LogP contribution < -0.4 is 0 Å². The highest BCUT2D eigenvalue weighted by Gasteiger charge is 2.35. The van der Waals surface area contributed by atoms with Crippen LogP contribution in [0, 0.1) is 5.92 Å². The zero-order valence-electron chi connectivity index (χ0n) is 9.86. The summed E-state index contributed by atoms with van der Waals surface area (Å²) in [6.07, 6.45) is 5.70. The number of hydrogen-bond acceptors (Lipinski definition) is 2. The van der Waals surface area contributed by atoms with Crippen molar-refractivity contribution in [3.05, 3.63) is 29.0 Å². The number of carbonyl (C=O) groups excluding carboxylic acids is 1. The van der Waals surface area contributed by atoms with E-state index in [1.807, 2.05) is 23.9 Å². The van der Waals surface area contributed by atoms with Crippen molar-refractivity contribution in [2.24, 2.45) is 13.0 Å². The fraction of sp³-hybridized carbons (Fsp3) is 0.385. The van der Waals surface area contributed by atoms with E-state index in [0.29, 0.717) is 16.5 Å². The van der Waals surface area contributed by atoms with E-state index in [4.69, 9.17) is 11.6 Å². The number of hydrogen-bond donors (Lipinski definition) is 0. The summed E-state index contributed by atoms with van der Waals surface area (Å²) in [6, 6.07) is 1.81. The van der Waals surface area contributed by atoms with E-state index in [1.165, 1.54) is 0 Å². The van der Waals surface area contributed by atoms with Gasteiger partial charge in [0.1, 0.15) is 5.65 Å². The minimum Gasteiger partial charge on any atom is -0.335 e.